The van der Waals surface area contributed by atoms with Gasteiger partial charge in [0.25, 0.3) is 0 Å². The molecule has 1 unspecified atom stereocenters. The fraction of sp³-hybridized carbons (Fsp3) is 0.818. The molecule has 0 aliphatic carbocycles. The summed E-state index contributed by atoms with van der Waals surface area (Å²) >= 11 is 1.91. The lowest BCUT2D eigenvalue weighted by Gasteiger charge is -2.25. The quantitative estimate of drug-likeness (QED) is 0.287. The maximum atomic E-state index is 12.2. The van der Waals surface area contributed by atoms with Crippen LogP contribution in [0.2, 0.25) is 0 Å². The number of aryl methyl sites for hydroxylation is 1. The van der Waals surface area contributed by atoms with Crippen LogP contribution in [0.4, 0.5) is 4.79 Å². The maximum Gasteiger partial charge on any atom is 0.315 e. The highest BCUT2D eigenvalue weighted by Crippen LogP contribution is 2.33. The maximum absolute atomic E-state index is 12.2. The second-order valence-electron chi connectivity index (χ2n) is 9.33. The van der Waals surface area contributed by atoms with Crippen molar-refractivity contribution in [3.63, 3.8) is 0 Å². The molecule has 180 valence electrons. The highest BCUT2D eigenvalue weighted by atomic mass is 32.2. The number of urea groups is 1. The number of rotatable bonds is 14. The Labute approximate surface area is 195 Å². The van der Waals surface area contributed by atoms with Crippen LogP contribution in [0.25, 0.3) is 0 Å². The Morgan fingerprint density at radius 3 is 3.00 bits per heavy atom. The number of carbonyl (C=O) groups excluding carboxylic acids is 2. The lowest BCUT2D eigenvalue weighted by Crippen LogP contribution is -2.36. The minimum atomic E-state index is -0.187. The number of carbonyl (C=O) groups is 2. The van der Waals surface area contributed by atoms with Gasteiger partial charge in [0.05, 0.1) is 30.4 Å². The molecule has 3 atom stereocenters. The van der Waals surface area contributed by atoms with Gasteiger partial charge in [0.1, 0.15) is 5.69 Å². The van der Waals surface area contributed by atoms with Gasteiger partial charge in [0.15, 0.2) is 0 Å². The molecule has 0 bridgehead atoms. The van der Waals surface area contributed by atoms with E-state index in [-0.39, 0.29) is 29.6 Å². The predicted octanol–water partition coefficient (Wildman–Crippen LogP) is 2.61. The SMILES string of the molecule is CCCCOC(C)(C)CCn1cc(CNC(=O)CCCCC2SC[C@@H]3NC(=O)N[C@H]23)nn1. The third-order valence-corrected chi connectivity index (χ3v) is 7.58. The van der Waals surface area contributed by atoms with E-state index in [9.17, 15) is 9.59 Å². The average Bonchev–Trinajstić information content (AvgIpc) is 3.45. The predicted molar refractivity (Wildman–Crippen MR) is 125 cm³/mol. The molecule has 9 nitrogen and oxygen atoms in total. The highest BCUT2D eigenvalue weighted by Gasteiger charge is 2.42. The van der Waals surface area contributed by atoms with E-state index >= 15 is 0 Å². The van der Waals surface area contributed by atoms with Crippen LogP contribution in [-0.4, -0.2) is 62.2 Å². The summed E-state index contributed by atoms with van der Waals surface area (Å²) in [5.41, 5.74) is 0.578. The Hall–Kier alpha value is -1.81. The van der Waals surface area contributed by atoms with Crippen molar-refractivity contribution in [1.82, 2.24) is 30.9 Å². The van der Waals surface area contributed by atoms with Crippen molar-refractivity contribution in [3.05, 3.63) is 11.9 Å². The van der Waals surface area contributed by atoms with E-state index in [0.717, 1.165) is 63.1 Å². The summed E-state index contributed by atoms with van der Waals surface area (Å²) in [6.45, 7) is 8.28. The molecule has 2 aliphatic rings. The fourth-order valence-corrected chi connectivity index (χ4v) is 5.57. The van der Waals surface area contributed by atoms with Gasteiger partial charge < -0.3 is 20.7 Å². The van der Waals surface area contributed by atoms with E-state index in [0.29, 0.717) is 18.2 Å². The molecule has 3 heterocycles. The van der Waals surface area contributed by atoms with E-state index < -0.39 is 0 Å². The Morgan fingerprint density at radius 1 is 1.34 bits per heavy atom. The standard InChI is InChI=1S/C22H38N6O3S/c1-4-5-12-31-22(2,3)10-11-28-14-16(26-27-28)13-23-19(29)9-7-6-8-18-20-17(15-32-18)24-21(30)25-20/h14,17-18,20H,4-13,15H2,1-3H3,(H,23,29)(H2,24,25,30)/t17-,18?,20-/m0/s1. The Balaban J connectivity index is 1.27. The van der Waals surface area contributed by atoms with Crippen LogP contribution in [-0.2, 0) is 22.6 Å². The molecule has 3 amide bonds. The second-order valence-corrected chi connectivity index (χ2v) is 10.6. The zero-order valence-electron chi connectivity index (χ0n) is 19.6. The van der Waals surface area contributed by atoms with Crippen molar-refractivity contribution in [2.24, 2.45) is 0 Å². The van der Waals surface area contributed by atoms with Gasteiger partial charge in [0, 0.05) is 30.6 Å². The number of nitrogens with zero attached hydrogens (tertiary/aromatic N) is 3. The molecule has 0 spiro atoms. The normalized spacial score (nSPS) is 22.5. The van der Waals surface area contributed by atoms with Crippen LogP contribution in [0, 0.1) is 0 Å². The number of unbranched alkanes of at least 4 members (excludes halogenated alkanes) is 2. The summed E-state index contributed by atoms with van der Waals surface area (Å²) in [6.07, 6.45) is 8.31. The minimum Gasteiger partial charge on any atom is -0.376 e. The third-order valence-electron chi connectivity index (χ3n) is 6.07. The number of aromatic nitrogens is 3. The van der Waals surface area contributed by atoms with E-state index in [1.807, 2.05) is 22.6 Å². The number of nitrogens with one attached hydrogen (secondary N) is 3. The van der Waals surface area contributed by atoms with E-state index in [2.05, 4.69) is 47.0 Å². The molecule has 10 heteroatoms. The summed E-state index contributed by atoms with van der Waals surface area (Å²) < 4.78 is 7.76. The Bertz CT molecular complexity index is 756. The monoisotopic (exact) mass is 466 g/mol. The molecule has 0 radical (unpaired) electrons. The highest BCUT2D eigenvalue weighted by molar-refractivity contribution is 8.00. The first kappa shape index (κ1) is 24.8. The van der Waals surface area contributed by atoms with E-state index in [4.69, 9.17) is 4.74 Å². The molecule has 32 heavy (non-hydrogen) atoms. The molecule has 3 rings (SSSR count). The zero-order chi connectivity index (χ0) is 23.0. The van der Waals surface area contributed by atoms with Gasteiger partial charge >= 0.3 is 6.03 Å². The molecule has 0 aromatic carbocycles. The van der Waals surface area contributed by atoms with Crippen LogP contribution < -0.4 is 16.0 Å². The van der Waals surface area contributed by atoms with Crippen LogP contribution in [0.5, 0.6) is 0 Å². The molecule has 0 saturated carbocycles. The molecular formula is C22H38N6O3S. The van der Waals surface area contributed by atoms with Gasteiger partial charge in [-0.15, -0.1) is 5.10 Å². The lowest BCUT2D eigenvalue weighted by molar-refractivity contribution is -0.121. The molecule has 3 N–H and O–H groups in total. The molecular weight excluding hydrogens is 428 g/mol. The molecule has 1 aromatic heterocycles. The Kier molecular flexibility index (Phi) is 9.22. The summed E-state index contributed by atoms with van der Waals surface area (Å²) in [5, 5.41) is 17.7. The van der Waals surface area contributed by atoms with Gasteiger partial charge in [0.2, 0.25) is 5.91 Å². The number of thioether (sulfide) groups is 1. The zero-order valence-corrected chi connectivity index (χ0v) is 20.4. The topological polar surface area (TPSA) is 110 Å². The van der Waals surface area contributed by atoms with Gasteiger partial charge in [-0.05, 0) is 39.5 Å². The van der Waals surface area contributed by atoms with E-state index in [1.54, 1.807) is 0 Å². The number of hydrogen-bond acceptors (Lipinski definition) is 6. The molecule has 2 aliphatic heterocycles. The summed E-state index contributed by atoms with van der Waals surface area (Å²) in [5.74, 6) is 1.01. The average molecular weight is 467 g/mol. The second kappa shape index (κ2) is 11.9. The summed E-state index contributed by atoms with van der Waals surface area (Å²) in [6, 6.07) is 0.442. The van der Waals surface area contributed by atoms with Crippen molar-refractivity contribution in [3.8, 4) is 0 Å². The van der Waals surface area contributed by atoms with Crippen LogP contribution in [0.3, 0.4) is 0 Å². The van der Waals surface area contributed by atoms with Gasteiger partial charge in [-0.2, -0.15) is 11.8 Å². The van der Waals surface area contributed by atoms with Gasteiger partial charge in [-0.1, -0.05) is 25.0 Å². The van der Waals surface area contributed by atoms with Crippen molar-refractivity contribution in [2.75, 3.05) is 12.4 Å². The van der Waals surface area contributed by atoms with Crippen LogP contribution in [0.15, 0.2) is 6.20 Å². The minimum absolute atomic E-state index is 0.0396. The Morgan fingerprint density at radius 2 is 2.19 bits per heavy atom. The molecule has 2 fully saturated rings. The van der Waals surface area contributed by atoms with Crippen molar-refractivity contribution in [2.45, 2.75) is 102 Å². The number of hydrogen-bond donors (Lipinski definition) is 3. The van der Waals surface area contributed by atoms with Crippen LogP contribution >= 0.6 is 11.8 Å². The summed E-state index contributed by atoms with van der Waals surface area (Å²) in [4.78, 5) is 23.6. The van der Waals surface area contributed by atoms with Crippen molar-refractivity contribution in [1.29, 1.82) is 0 Å². The molecule has 1 aromatic rings. The number of ether oxygens (including phenoxy) is 1. The van der Waals surface area contributed by atoms with Crippen molar-refractivity contribution < 1.29 is 14.3 Å². The number of amides is 3. The van der Waals surface area contributed by atoms with E-state index in [1.165, 1.54) is 0 Å². The van der Waals surface area contributed by atoms with Gasteiger partial charge in [-0.25, -0.2) is 4.79 Å². The first-order valence-electron chi connectivity index (χ1n) is 11.8. The smallest absolute Gasteiger partial charge is 0.315 e. The van der Waals surface area contributed by atoms with Crippen molar-refractivity contribution >= 4 is 23.7 Å². The lowest BCUT2D eigenvalue weighted by atomic mass is 10.0. The molecule has 2 saturated heterocycles. The third kappa shape index (κ3) is 7.65. The van der Waals surface area contributed by atoms with Gasteiger partial charge in [-0.3, -0.25) is 9.48 Å². The fourth-order valence-electron chi connectivity index (χ4n) is 4.03. The number of fused-ring (bicyclic) bond motifs is 1. The first-order chi connectivity index (χ1) is 15.4. The summed E-state index contributed by atoms with van der Waals surface area (Å²) in [7, 11) is 0. The largest absolute Gasteiger partial charge is 0.376 e. The first-order valence-corrected chi connectivity index (χ1v) is 12.9. The van der Waals surface area contributed by atoms with Crippen LogP contribution in [0.1, 0.15) is 71.4 Å².